The number of carboxylic acid groups (broad SMARTS) is 1. The first-order valence-electron chi connectivity index (χ1n) is 4.32. The van der Waals surface area contributed by atoms with E-state index in [9.17, 15) is 9.90 Å². The minimum absolute atomic E-state index is 0.148. The lowest BCUT2D eigenvalue weighted by molar-refractivity contribution is -0.159. The highest BCUT2D eigenvalue weighted by Gasteiger charge is 2.40. The third kappa shape index (κ3) is 2.42. The third-order valence-corrected chi connectivity index (χ3v) is 2.06. The van der Waals surface area contributed by atoms with E-state index in [0.29, 0.717) is 0 Å². The molecule has 0 aromatic rings. The first-order chi connectivity index (χ1) is 6.33. The molecule has 0 aromatic heterocycles. The smallest absolute Gasteiger partial charge is 0.323 e. The summed E-state index contributed by atoms with van der Waals surface area (Å²) in [6.45, 7) is 3.52. The summed E-state index contributed by atoms with van der Waals surface area (Å²) in [5, 5.41) is 18.1. The number of carbonyl (C=O) groups is 1. The van der Waals surface area contributed by atoms with Crippen molar-refractivity contribution in [3.63, 3.8) is 0 Å². The van der Waals surface area contributed by atoms with Crippen molar-refractivity contribution in [1.82, 2.24) is 0 Å². The molecule has 6 heteroatoms. The van der Waals surface area contributed by atoms with Crippen LogP contribution in [0.3, 0.4) is 0 Å². The molecule has 0 aromatic carbocycles. The van der Waals surface area contributed by atoms with Gasteiger partial charge in [-0.3, -0.25) is 4.79 Å². The van der Waals surface area contributed by atoms with Crippen molar-refractivity contribution in [1.29, 1.82) is 0 Å². The Labute approximate surface area is 81.6 Å². The number of aliphatic carboxylic acids is 1. The van der Waals surface area contributed by atoms with E-state index in [1.807, 2.05) is 0 Å². The highest BCUT2D eigenvalue weighted by atomic mass is 16.7. The van der Waals surface area contributed by atoms with Gasteiger partial charge in [0.15, 0.2) is 5.79 Å². The highest BCUT2D eigenvalue weighted by Crippen LogP contribution is 2.24. The molecule has 1 aliphatic heterocycles. The lowest BCUT2D eigenvalue weighted by Crippen LogP contribution is -2.49. The molecule has 0 amide bonds. The van der Waals surface area contributed by atoms with Gasteiger partial charge in [-0.05, 0) is 13.8 Å². The largest absolute Gasteiger partial charge is 0.480 e. The molecule has 0 aliphatic carbocycles. The molecule has 0 unspecified atom stereocenters. The van der Waals surface area contributed by atoms with E-state index in [1.165, 1.54) is 0 Å². The number of hydrogen-bond acceptors (Lipinski definition) is 5. The first-order valence-corrected chi connectivity index (χ1v) is 4.32. The molecule has 0 radical (unpaired) electrons. The van der Waals surface area contributed by atoms with Gasteiger partial charge in [0.25, 0.3) is 0 Å². The Balaban J connectivity index is 2.55. The van der Waals surface area contributed by atoms with Crippen LogP contribution in [0.5, 0.6) is 0 Å². The molecule has 1 heterocycles. The van der Waals surface area contributed by atoms with Gasteiger partial charge in [0.1, 0.15) is 18.2 Å². The van der Waals surface area contributed by atoms with Crippen molar-refractivity contribution < 1.29 is 24.5 Å². The summed E-state index contributed by atoms with van der Waals surface area (Å²) in [4.78, 5) is 10.5. The van der Waals surface area contributed by atoms with Gasteiger partial charge < -0.3 is 25.4 Å². The second-order valence-electron chi connectivity index (χ2n) is 3.72. The van der Waals surface area contributed by atoms with Gasteiger partial charge in [-0.25, -0.2) is 0 Å². The Hall–Kier alpha value is -0.690. The maximum atomic E-state index is 10.5. The zero-order valence-electron chi connectivity index (χ0n) is 8.14. The Kier molecular flexibility index (Phi) is 3.10. The van der Waals surface area contributed by atoms with Crippen LogP contribution in [-0.2, 0) is 14.3 Å². The number of carboxylic acids is 1. The van der Waals surface area contributed by atoms with Gasteiger partial charge in [0.2, 0.25) is 0 Å². The SMILES string of the molecule is CC1(C)OC[C@@H]([C@H](O)[C@H](N)C(=O)O)O1. The predicted molar refractivity (Wildman–Crippen MR) is 46.5 cm³/mol. The van der Waals surface area contributed by atoms with Crippen LogP contribution >= 0.6 is 0 Å². The molecule has 4 N–H and O–H groups in total. The molecule has 14 heavy (non-hydrogen) atoms. The Morgan fingerprint density at radius 3 is 2.57 bits per heavy atom. The molecule has 82 valence electrons. The first kappa shape index (κ1) is 11.4. The number of nitrogens with two attached hydrogens (primary N) is 1. The summed E-state index contributed by atoms with van der Waals surface area (Å²) in [7, 11) is 0. The summed E-state index contributed by atoms with van der Waals surface area (Å²) in [5.74, 6) is -2.05. The van der Waals surface area contributed by atoms with Crippen LogP contribution in [0.1, 0.15) is 13.8 Å². The number of ether oxygens (including phenoxy) is 2. The van der Waals surface area contributed by atoms with Crippen LogP contribution in [0.4, 0.5) is 0 Å². The van der Waals surface area contributed by atoms with E-state index in [2.05, 4.69) is 0 Å². The zero-order valence-corrected chi connectivity index (χ0v) is 8.14. The fourth-order valence-electron chi connectivity index (χ4n) is 1.26. The van der Waals surface area contributed by atoms with Crippen molar-refractivity contribution in [3.8, 4) is 0 Å². The summed E-state index contributed by atoms with van der Waals surface area (Å²) in [5.41, 5.74) is 5.24. The molecule has 1 saturated heterocycles. The Morgan fingerprint density at radius 2 is 2.21 bits per heavy atom. The summed E-state index contributed by atoms with van der Waals surface area (Å²) >= 11 is 0. The Bertz CT molecular complexity index is 230. The van der Waals surface area contributed by atoms with E-state index in [1.54, 1.807) is 13.8 Å². The van der Waals surface area contributed by atoms with Crippen LogP contribution in [0.25, 0.3) is 0 Å². The van der Waals surface area contributed by atoms with Crippen molar-refractivity contribution in [3.05, 3.63) is 0 Å². The number of rotatable bonds is 3. The zero-order chi connectivity index (χ0) is 10.9. The maximum Gasteiger partial charge on any atom is 0.323 e. The molecular formula is C8H15NO5. The fraction of sp³-hybridized carbons (Fsp3) is 0.875. The van der Waals surface area contributed by atoms with Crippen LogP contribution in [0, 0.1) is 0 Å². The molecule has 1 rings (SSSR count). The Morgan fingerprint density at radius 1 is 1.64 bits per heavy atom. The van der Waals surface area contributed by atoms with Gasteiger partial charge in [-0.1, -0.05) is 0 Å². The summed E-state index contributed by atoms with van der Waals surface area (Å²) < 4.78 is 10.4. The van der Waals surface area contributed by atoms with Crippen LogP contribution in [0.2, 0.25) is 0 Å². The van der Waals surface area contributed by atoms with Crippen molar-refractivity contribution in [2.24, 2.45) is 5.73 Å². The van der Waals surface area contributed by atoms with Crippen molar-refractivity contribution in [2.75, 3.05) is 6.61 Å². The standard InChI is InChI=1S/C8H15NO5/c1-8(2)13-3-4(14-8)6(10)5(9)7(11)12/h4-6,10H,3,9H2,1-2H3,(H,11,12)/t4-,5-,6-/m0/s1. The maximum absolute atomic E-state index is 10.5. The lowest BCUT2D eigenvalue weighted by atomic mass is 10.1. The van der Waals surface area contributed by atoms with Gasteiger partial charge >= 0.3 is 5.97 Å². The monoisotopic (exact) mass is 205 g/mol. The predicted octanol–water partition coefficient (Wildman–Crippen LogP) is -1.09. The number of aliphatic hydroxyl groups is 1. The number of aliphatic hydroxyl groups excluding tert-OH is 1. The van der Waals surface area contributed by atoms with Gasteiger partial charge in [-0.15, -0.1) is 0 Å². The molecule has 0 saturated carbocycles. The van der Waals surface area contributed by atoms with Gasteiger partial charge in [0.05, 0.1) is 6.61 Å². The van der Waals surface area contributed by atoms with E-state index in [-0.39, 0.29) is 6.61 Å². The topological polar surface area (TPSA) is 102 Å². The lowest BCUT2D eigenvalue weighted by Gasteiger charge is -2.22. The summed E-state index contributed by atoms with van der Waals surface area (Å²) in [6.07, 6.45) is -1.94. The molecule has 0 spiro atoms. The van der Waals surface area contributed by atoms with E-state index < -0.39 is 30.0 Å². The molecule has 6 nitrogen and oxygen atoms in total. The van der Waals surface area contributed by atoms with Crippen LogP contribution in [-0.4, -0.2) is 46.8 Å². The average Bonchev–Trinajstić information content (AvgIpc) is 2.43. The number of hydrogen-bond donors (Lipinski definition) is 3. The van der Waals surface area contributed by atoms with E-state index in [4.69, 9.17) is 20.3 Å². The van der Waals surface area contributed by atoms with E-state index in [0.717, 1.165) is 0 Å². The minimum atomic E-state index is -1.35. The molecule has 3 atom stereocenters. The average molecular weight is 205 g/mol. The van der Waals surface area contributed by atoms with Gasteiger partial charge in [-0.2, -0.15) is 0 Å². The highest BCUT2D eigenvalue weighted by molar-refractivity contribution is 5.74. The second kappa shape index (κ2) is 3.82. The molecule has 1 fully saturated rings. The quantitative estimate of drug-likeness (QED) is 0.541. The van der Waals surface area contributed by atoms with Crippen molar-refractivity contribution >= 4 is 5.97 Å². The van der Waals surface area contributed by atoms with Crippen molar-refractivity contribution in [2.45, 2.75) is 37.9 Å². The van der Waals surface area contributed by atoms with Crippen LogP contribution in [0.15, 0.2) is 0 Å². The minimum Gasteiger partial charge on any atom is -0.480 e. The molecular weight excluding hydrogens is 190 g/mol. The van der Waals surface area contributed by atoms with Gasteiger partial charge in [0, 0.05) is 0 Å². The fourth-order valence-corrected chi connectivity index (χ4v) is 1.26. The second-order valence-corrected chi connectivity index (χ2v) is 3.72. The third-order valence-electron chi connectivity index (χ3n) is 2.06. The van der Waals surface area contributed by atoms with Crippen LogP contribution < -0.4 is 5.73 Å². The molecule has 0 bridgehead atoms. The van der Waals surface area contributed by atoms with E-state index >= 15 is 0 Å². The molecule has 1 aliphatic rings. The normalized spacial score (nSPS) is 29.9. The summed E-state index contributed by atoms with van der Waals surface area (Å²) in [6, 6.07) is -1.35.